The lowest BCUT2D eigenvalue weighted by molar-refractivity contribution is -0.454. The predicted octanol–water partition coefficient (Wildman–Crippen LogP) is 1.10. The number of carbonyl (C=O) groups excluding carboxylic acids is 1. The number of hydrazone groups is 1. The Bertz CT molecular complexity index is 1160. The number of ether oxygens (including phenoxy) is 1. The van der Waals surface area contributed by atoms with E-state index in [4.69, 9.17) is 4.74 Å². The number of methoxy groups -OCH3 is 1. The third-order valence-electron chi connectivity index (χ3n) is 6.16. The molecule has 0 spiro atoms. The monoisotopic (exact) mass is 418 g/mol. The van der Waals surface area contributed by atoms with E-state index in [1.807, 2.05) is 28.0 Å². The number of hydrogen-bond acceptors (Lipinski definition) is 6. The van der Waals surface area contributed by atoms with Gasteiger partial charge in [0.25, 0.3) is 0 Å². The second kappa shape index (κ2) is 7.96. The Morgan fingerprint density at radius 3 is 3.13 bits per heavy atom. The number of nitrogens with one attached hydrogen (secondary N) is 1. The van der Waals surface area contributed by atoms with Crippen LogP contribution in [0.15, 0.2) is 29.8 Å². The SMILES string of the molecule is COc1cc(C2=C/[N+](=C/C3CCN(C(=O)[C@@H]4CCNC4)C3)N=C2)cn2ncc(C#N)c12. The molecule has 0 radical (unpaired) electrons. The first-order valence-corrected chi connectivity index (χ1v) is 10.5. The molecule has 2 fully saturated rings. The number of likely N-dealkylation sites (tertiary alicyclic amines) is 1. The van der Waals surface area contributed by atoms with Gasteiger partial charge in [-0.1, -0.05) is 4.68 Å². The van der Waals surface area contributed by atoms with Crippen LogP contribution >= 0.6 is 0 Å². The fraction of sp³-hybridized carbons (Fsp3) is 0.409. The molecule has 9 heteroatoms. The van der Waals surface area contributed by atoms with Gasteiger partial charge >= 0.3 is 0 Å². The number of nitrogens with zero attached hydrogens (tertiary/aromatic N) is 6. The normalized spacial score (nSPS) is 24.2. The van der Waals surface area contributed by atoms with Crippen LogP contribution in [0.4, 0.5) is 0 Å². The van der Waals surface area contributed by atoms with Gasteiger partial charge in [-0.2, -0.15) is 10.4 Å². The zero-order valence-electron chi connectivity index (χ0n) is 17.4. The van der Waals surface area contributed by atoms with E-state index in [-0.39, 0.29) is 17.7 Å². The van der Waals surface area contributed by atoms with Crippen LogP contribution in [0.3, 0.4) is 0 Å². The summed E-state index contributed by atoms with van der Waals surface area (Å²) in [6.07, 6.45) is 11.1. The topological polar surface area (TPSA) is 98.0 Å². The van der Waals surface area contributed by atoms with Gasteiger partial charge < -0.3 is 15.0 Å². The molecule has 0 saturated carbocycles. The third kappa shape index (κ3) is 3.59. The summed E-state index contributed by atoms with van der Waals surface area (Å²) in [5, 5.41) is 21.3. The van der Waals surface area contributed by atoms with E-state index in [1.165, 1.54) is 6.20 Å². The Hall–Kier alpha value is -3.51. The molecule has 5 rings (SSSR count). The lowest BCUT2D eigenvalue weighted by Gasteiger charge is -2.19. The van der Waals surface area contributed by atoms with E-state index in [0.29, 0.717) is 16.8 Å². The minimum Gasteiger partial charge on any atom is -0.494 e. The van der Waals surface area contributed by atoms with Crippen LogP contribution in [0.2, 0.25) is 0 Å². The average Bonchev–Trinajstić information content (AvgIpc) is 3.59. The molecule has 0 aliphatic carbocycles. The van der Waals surface area contributed by atoms with Crippen LogP contribution in [0.5, 0.6) is 5.75 Å². The number of hydrogen-bond donors (Lipinski definition) is 1. The van der Waals surface area contributed by atoms with Crippen molar-refractivity contribution in [2.45, 2.75) is 12.8 Å². The molecular formula is C22H24N7O2+. The molecule has 1 unspecified atom stereocenters. The van der Waals surface area contributed by atoms with Crippen LogP contribution in [-0.4, -0.2) is 70.8 Å². The molecule has 5 heterocycles. The van der Waals surface area contributed by atoms with Crippen LogP contribution in [0.25, 0.3) is 11.1 Å². The van der Waals surface area contributed by atoms with Gasteiger partial charge in [-0.15, -0.1) is 0 Å². The van der Waals surface area contributed by atoms with Crippen molar-refractivity contribution in [3.63, 3.8) is 0 Å². The highest BCUT2D eigenvalue weighted by molar-refractivity contribution is 6.10. The summed E-state index contributed by atoms with van der Waals surface area (Å²) in [5.41, 5.74) is 2.95. The highest BCUT2D eigenvalue weighted by Crippen LogP contribution is 2.28. The zero-order chi connectivity index (χ0) is 21.4. The lowest BCUT2D eigenvalue weighted by Crippen LogP contribution is -2.35. The molecule has 0 bridgehead atoms. The maximum absolute atomic E-state index is 12.6. The molecule has 2 aromatic heterocycles. The van der Waals surface area contributed by atoms with Crippen LogP contribution in [0, 0.1) is 23.2 Å². The van der Waals surface area contributed by atoms with Gasteiger partial charge in [0, 0.05) is 31.4 Å². The summed E-state index contributed by atoms with van der Waals surface area (Å²) in [6.45, 7) is 3.28. The van der Waals surface area contributed by atoms with Gasteiger partial charge in [-0.25, -0.2) is 4.52 Å². The lowest BCUT2D eigenvalue weighted by atomic mass is 10.1. The first-order chi connectivity index (χ1) is 15.2. The zero-order valence-corrected chi connectivity index (χ0v) is 17.4. The van der Waals surface area contributed by atoms with Gasteiger partial charge in [-0.3, -0.25) is 4.79 Å². The van der Waals surface area contributed by atoms with Crippen molar-refractivity contribution in [2.24, 2.45) is 16.9 Å². The number of fused-ring (bicyclic) bond motifs is 1. The summed E-state index contributed by atoms with van der Waals surface area (Å²) >= 11 is 0. The van der Waals surface area contributed by atoms with E-state index in [2.05, 4.69) is 27.8 Å². The summed E-state index contributed by atoms with van der Waals surface area (Å²) in [6, 6.07) is 4.04. The Morgan fingerprint density at radius 1 is 1.45 bits per heavy atom. The summed E-state index contributed by atoms with van der Waals surface area (Å²) in [7, 11) is 1.58. The first-order valence-electron chi connectivity index (χ1n) is 10.5. The number of aromatic nitrogens is 2. The molecule has 1 N–H and O–H groups in total. The van der Waals surface area contributed by atoms with Crippen LogP contribution < -0.4 is 10.1 Å². The molecule has 2 atom stereocenters. The molecule has 31 heavy (non-hydrogen) atoms. The van der Waals surface area contributed by atoms with Gasteiger partial charge in [0.15, 0.2) is 6.21 Å². The Labute approximate surface area is 179 Å². The molecule has 2 saturated heterocycles. The van der Waals surface area contributed by atoms with E-state index < -0.39 is 0 Å². The molecule has 9 nitrogen and oxygen atoms in total. The maximum Gasteiger partial charge on any atom is 0.227 e. The Kier molecular flexibility index (Phi) is 5.00. The number of rotatable bonds is 4. The predicted molar refractivity (Wildman–Crippen MR) is 115 cm³/mol. The second-order valence-electron chi connectivity index (χ2n) is 8.14. The summed E-state index contributed by atoms with van der Waals surface area (Å²) in [5.74, 6) is 1.28. The number of amides is 1. The molecule has 1 amide bonds. The highest BCUT2D eigenvalue weighted by atomic mass is 16.5. The van der Waals surface area contributed by atoms with Gasteiger partial charge in [-0.05, 0) is 30.6 Å². The second-order valence-corrected chi connectivity index (χ2v) is 8.14. The molecule has 3 aliphatic heterocycles. The largest absolute Gasteiger partial charge is 0.494 e. The van der Waals surface area contributed by atoms with Crippen molar-refractivity contribution in [1.29, 1.82) is 5.26 Å². The van der Waals surface area contributed by atoms with Gasteiger partial charge in [0.05, 0.1) is 30.7 Å². The molecule has 0 aromatic carbocycles. The molecule has 158 valence electrons. The van der Waals surface area contributed by atoms with Crippen molar-refractivity contribution in [2.75, 3.05) is 33.3 Å². The summed E-state index contributed by atoms with van der Waals surface area (Å²) in [4.78, 5) is 14.6. The fourth-order valence-corrected chi connectivity index (χ4v) is 4.50. The Morgan fingerprint density at radius 2 is 2.35 bits per heavy atom. The van der Waals surface area contributed by atoms with Gasteiger partial charge in [0.1, 0.15) is 29.1 Å². The van der Waals surface area contributed by atoms with E-state index in [1.54, 1.807) is 17.8 Å². The van der Waals surface area contributed by atoms with Gasteiger partial charge in [0.2, 0.25) is 12.1 Å². The van der Waals surface area contributed by atoms with Crippen molar-refractivity contribution in [3.8, 4) is 11.8 Å². The van der Waals surface area contributed by atoms with Crippen molar-refractivity contribution >= 4 is 29.4 Å². The van der Waals surface area contributed by atoms with E-state index in [0.717, 1.165) is 50.2 Å². The van der Waals surface area contributed by atoms with Crippen molar-refractivity contribution in [1.82, 2.24) is 19.8 Å². The molecule has 2 aromatic rings. The molecule has 3 aliphatic rings. The third-order valence-corrected chi connectivity index (χ3v) is 6.16. The average molecular weight is 418 g/mol. The summed E-state index contributed by atoms with van der Waals surface area (Å²) < 4.78 is 8.98. The minimum atomic E-state index is 0.129. The number of nitriles is 1. The number of allylic oxidation sites excluding steroid dienone is 1. The first kappa shape index (κ1) is 19.5. The maximum atomic E-state index is 12.6. The highest BCUT2D eigenvalue weighted by Gasteiger charge is 2.33. The minimum absolute atomic E-state index is 0.129. The molecular weight excluding hydrogens is 394 g/mol. The number of pyridine rings is 1. The Balaban J connectivity index is 1.33. The van der Waals surface area contributed by atoms with E-state index >= 15 is 0 Å². The quantitative estimate of drug-likeness (QED) is 0.750. The van der Waals surface area contributed by atoms with Crippen molar-refractivity contribution in [3.05, 3.63) is 35.8 Å². The van der Waals surface area contributed by atoms with E-state index in [9.17, 15) is 10.1 Å². The smallest absolute Gasteiger partial charge is 0.227 e. The standard InChI is InChI=1S/C22H24N7O2/c1-31-20-6-17(14-29-21(20)18(7-23)9-26-29)19-10-25-28(13-19)12-15-3-5-27(11-15)22(30)16-2-4-24-8-16/h6,9-10,12-16,24H,2-5,8,11H2,1H3/q+1/b28-12-/t15?,16-/m1/s1. The van der Waals surface area contributed by atoms with Crippen LogP contribution in [0.1, 0.15) is 24.0 Å². The number of carbonyl (C=O) groups is 1. The van der Waals surface area contributed by atoms with Crippen molar-refractivity contribution < 1.29 is 14.2 Å². The van der Waals surface area contributed by atoms with Crippen LogP contribution in [-0.2, 0) is 4.79 Å². The fourth-order valence-electron chi connectivity index (χ4n) is 4.50.